The van der Waals surface area contributed by atoms with Crippen molar-refractivity contribution in [2.75, 3.05) is 0 Å². The number of para-hydroxylation sites is 1. The van der Waals surface area contributed by atoms with Crippen molar-refractivity contribution in [2.45, 2.75) is 0 Å². The number of amides is 1. The van der Waals surface area contributed by atoms with Crippen LogP contribution in [-0.2, 0) is 0 Å². The molecule has 0 aliphatic heterocycles. The number of nitrogens with one attached hydrogen (secondary N) is 1. The molecule has 28 heavy (non-hydrogen) atoms. The number of rotatable bonds is 6. The molecule has 0 atom stereocenters. The van der Waals surface area contributed by atoms with E-state index in [4.69, 9.17) is 16.3 Å². The molecule has 1 heterocycles. The number of aromatic nitrogens is 1. The molecule has 0 fully saturated rings. The molecular weight excluding hydrogens is 384 g/mol. The van der Waals surface area contributed by atoms with Crippen LogP contribution in [0.4, 0.5) is 5.69 Å². The van der Waals surface area contributed by atoms with Crippen LogP contribution in [0.2, 0.25) is 5.02 Å². The Bertz CT molecular complexity index is 1040. The zero-order valence-electron chi connectivity index (χ0n) is 14.3. The fourth-order valence-electron chi connectivity index (χ4n) is 2.21. The highest BCUT2D eigenvalue weighted by Gasteiger charge is 2.17. The Morgan fingerprint density at radius 2 is 1.93 bits per heavy atom. The molecule has 1 amide bonds. The van der Waals surface area contributed by atoms with Crippen LogP contribution in [0.15, 0.2) is 72.0 Å². The SMILES string of the molecule is O=C(N/N=C\c1ccc(Oc2ccccc2Cl)c([N+](=O)[O-])c1)c1ccccn1. The van der Waals surface area contributed by atoms with Gasteiger partial charge in [0, 0.05) is 17.8 Å². The smallest absolute Gasteiger partial charge is 0.312 e. The standard InChI is InChI=1S/C19H13ClN4O4/c20-14-5-1-2-7-17(14)28-18-9-8-13(11-16(18)24(26)27)12-22-23-19(25)15-6-3-4-10-21-15/h1-12H,(H,23,25)/b22-12-. The second-order valence-corrected chi connectivity index (χ2v) is 5.84. The summed E-state index contributed by atoms with van der Waals surface area (Å²) in [4.78, 5) is 26.6. The van der Waals surface area contributed by atoms with Gasteiger partial charge in [0.15, 0.2) is 0 Å². The molecular formula is C19H13ClN4O4. The monoisotopic (exact) mass is 396 g/mol. The Labute approximate surface area is 164 Å². The van der Waals surface area contributed by atoms with Crippen molar-refractivity contribution < 1.29 is 14.5 Å². The molecule has 0 saturated heterocycles. The molecule has 0 saturated carbocycles. The number of pyridine rings is 1. The Balaban J connectivity index is 1.76. The van der Waals surface area contributed by atoms with Gasteiger partial charge < -0.3 is 4.74 Å². The molecule has 0 aliphatic rings. The van der Waals surface area contributed by atoms with Crippen molar-refractivity contribution in [1.82, 2.24) is 10.4 Å². The van der Waals surface area contributed by atoms with E-state index in [1.54, 1.807) is 42.5 Å². The number of benzene rings is 2. The Morgan fingerprint density at radius 3 is 2.64 bits per heavy atom. The first kappa shape index (κ1) is 19.0. The summed E-state index contributed by atoms with van der Waals surface area (Å²) in [5.74, 6) is -0.158. The van der Waals surface area contributed by atoms with Crippen LogP contribution in [0.5, 0.6) is 11.5 Å². The van der Waals surface area contributed by atoms with Gasteiger partial charge in [-0.2, -0.15) is 5.10 Å². The van der Waals surface area contributed by atoms with E-state index < -0.39 is 10.8 Å². The van der Waals surface area contributed by atoms with Crippen molar-refractivity contribution in [3.8, 4) is 11.5 Å². The molecule has 0 spiro atoms. The fraction of sp³-hybridized carbons (Fsp3) is 0. The zero-order chi connectivity index (χ0) is 19.9. The number of carbonyl (C=O) groups is 1. The first-order valence-electron chi connectivity index (χ1n) is 8.00. The highest BCUT2D eigenvalue weighted by atomic mass is 35.5. The molecule has 1 aromatic heterocycles. The maximum absolute atomic E-state index is 11.9. The lowest BCUT2D eigenvalue weighted by Gasteiger charge is -2.08. The van der Waals surface area contributed by atoms with Crippen LogP contribution in [0.1, 0.15) is 16.1 Å². The van der Waals surface area contributed by atoms with Crippen molar-refractivity contribution >= 4 is 29.4 Å². The summed E-state index contributed by atoms with van der Waals surface area (Å²) < 4.78 is 5.56. The number of ether oxygens (including phenoxy) is 1. The molecule has 2 aromatic carbocycles. The molecule has 0 bridgehead atoms. The average molecular weight is 397 g/mol. The number of hydrogen-bond acceptors (Lipinski definition) is 6. The molecule has 3 aromatic rings. The van der Waals surface area contributed by atoms with Gasteiger partial charge in [0.25, 0.3) is 5.91 Å². The number of halogens is 1. The van der Waals surface area contributed by atoms with Gasteiger partial charge in [0.2, 0.25) is 5.75 Å². The van der Waals surface area contributed by atoms with Gasteiger partial charge in [-0.3, -0.25) is 19.9 Å². The average Bonchev–Trinajstić information content (AvgIpc) is 2.71. The molecule has 0 unspecified atom stereocenters. The number of carbonyl (C=O) groups excluding carboxylic acids is 1. The number of hydrogen-bond donors (Lipinski definition) is 1. The lowest BCUT2D eigenvalue weighted by atomic mass is 10.2. The molecule has 0 radical (unpaired) electrons. The quantitative estimate of drug-likeness (QED) is 0.381. The normalized spacial score (nSPS) is 10.6. The maximum Gasteiger partial charge on any atom is 0.312 e. The highest BCUT2D eigenvalue weighted by molar-refractivity contribution is 6.32. The Morgan fingerprint density at radius 1 is 1.14 bits per heavy atom. The number of nitro groups is 1. The number of hydrazone groups is 1. The van der Waals surface area contributed by atoms with E-state index in [1.165, 1.54) is 30.6 Å². The van der Waals surface area contributed by atoms with Crippen LogP contribution in [0, 0.1) is 10.1 Å². The topological polar surface area (TPSA) is 107 Å². The second kappa shape index (κ2) is 8.74. The van der Waals surface area contributed by atoms with E-state index in [0.717, 1.165) is 0 Å². The van der Waals surface area contributed by atoms with Crippen LogP contribution >= 0.6 is 11.6 Å². The van der Waals surface area contributed by atoms with Gasteiger partial charge >= 0.3 is 5.69 Å². The third kappa shape index (κ3) is 4.68. The predicted molar refractivity (Wildman–Crippen MR) is 104 cm³/mol. The third-order valence-corrected chi connectivity index (χ3v) is 3.83. The number of nitro benzene ring substituents is 1. The minimum Gasteiger partial charge on any atom is -0.449 e. The molecule has 0 aliphatic carbocycles. The molecule has 1 N–H and O–H groups in total. The summed E-state index contributed by atoms with van der Waals surface area (Å²) in [6, 6.07) is 15.8. The van der Waals surface area contributed by atoms with E-state index in [1.807, 2.05) is 0 Å². The molecule has 9 heteroatoms. The Kier molecular flexibility index (Phi) is 5.93. The van der Waals surface area contributed by atoms with Gasteiger partial charge in [-0.1, -0.05) is 29.8 Å². The van der Waals surface area contributed by atoms with E-state index in [0.29, 0.717) is 16.3 Å². The predicted octanol–water partition coefficient (Wildman–Crippen LogP) is 4.20. The van der Waals surface area contributed by atoms with E-state index in [2.05, 4.69) is 15.5 Å². The molecule has 140 valence electrons. The van der Waals surface area contributed by atoms with Gasteiger partial charge in [-0.05, 0) is 36.4 Å². The minimum atomic E-state index is -0.573. The van der Waals surface area contributed by atoms with Crippen LogP contribution in [-0.4, -0.2) is 22.0 Å². The lowest BCUT2D eigenvalue weighted by Crippen LogP contribution is -2.18. The van der Waals surface area contributed by atoms with Crippen molar-refractivity contribution in [1.29, 1.82) is 0 Å². The second-order valence-electron chi connectivity index (χ2n) is 5.43. The van der Waals surface area contributed by atoms with Crippen molar-refractivity contribution in [2.24, 2.45) is 5.10 Å². The summed E-state index contributed by atoms with van der Waals surface area (Å²) in [5.41, 5.74) is 2.65. The largest absolute Gasteiger partial charge is 0.449 e. The van der Waals surface area contributed by atoms with E-state index in [9.17, 15) is 14.9 Å². The summed E-state index contributed by atoms with van der Waals surface area (Å²) in [7, 11) is 0. The summed E-state index contributed by atoms with van der Waals surface area (Å²) >= 11 is 6.02. The van der Waals surface area contributed by atoms with Crippen molar-refractivity contribution in [3.05, 3.63) is 93.3 Å². The summed E-state index contributed by atoms with van der Waals surface area (Å²) in [6.45, 7) is 0. The van der Waals surface area contributed by atoms with E-state index in [-0.39, 0.29) is 17.1 Å². The van der Waals surface area contributed by atoms with Gasteiger partial charge in [0.1, 0.15) is 11.4 Å². The third-order valence-electron chi connectivity index (χ3n) is 3.51. The summed E-state index contributed by atoms with van der Waals surface area (Å²) in [5, 5.41) is 15.5. The lowest BCUT2D eigenvalue weighted by molar-refractivity contribution is -0.385. The van der Waals surface area contributed by atoms with Crippen LogP contribution in [0.3, 0.4) is 0 Å². The highest BCUT2D eigenvalue weighted by Crippen LogP contribution is 2.35. The van der Waals surface area contributed by atoms with Gasteiger partial charge in [-0.25, -0.2) is 5.43 Å². The zero-order valence-corrected chi connectivity index (χ0v) is 15.0. The fourth-order valence-corrected chi connectivity index (χ4v) is 2.38. The first-order chi connectivity index (χ1) is 13.5. The van der Waals surface area contributed by atoms with Crippen LogP contribution < -0.4 is 10.2 Å². The minimum absolute atomic E-state index is 0.0350. The molecule has 8 nitrogen and oxygen atoms in total. The maximum atomic E-state index is 11.9. The molecule has 3 rings (SSSR count). The summed E-state index contributed by atoms with van der Waals surface area (Å²) in [6.07, 6.45) is 2.77. The van der Waals surface area contributed by atoms with Crippen molar-refractivity contribution in [3.63, 3.8) is 0 Å². The van der Waals surface area contributed by atoms with Crippen LogP contribution in [0.25, 0.3) is 0 Å². The van der Waals surface area contributed by atoms with E-state index >= 15 is 0 Å². The van der Waals surface area contributed by atoms with Gasteiger partial charge in [-0.15, -0.1) is 0 Å². The number of nitrogens with zero attached hydrogens (tertiary/aromatic N) is 3. The first-order valence-corrected chi connectivity index (χ1v) is 8.37. The van der Waals surface area contributed by atoms with Gasteiger partial charge in [0.05, 0.1) is 16.2 Å². The Hall–Kier alpha value is -3.78.